The molecular weight excluding hydrogens is 168 g/mol. The van der Waals surface area contributed by atoms with Crippen molar-refractivity contribution in [1.29, 1.82) is 0 Å². The van der Waals surface area contributed by atoms with Gasteiger partial charge in [0, 0.05) is 5.92 Å². The minimum atomic E-state index is -0.706. The van der Waals surface area contributed by atoms with E-state index in [0.717, 1.165) is 6.42 Å². The molecule has 78 valence electrons. The van der Waals surface area contributed by atoms with Crippen molar-refractivity contribution in [3.8, 4) is 0 Å². The molecule has 0 aliphatic carbocycles. The Morgan fingerprint density at radius 3 is 1.54 bits per heavy atom. The first-order chi connectivity index (χ1) is 5.82. The molecule has 0 aromatic heterocycles. The van der Waals surface area contributed by atoms with Gasteiger partial charge in [-0.1, -0.05) is 27.7 Å². The van der Waals surface area contributed by atoms with Crippen LogP contribution in [0.25, 0.3) is 0 Å². The minimum Gasteiger partial charge on any atom is -0.481 e. The van der Waals surface area contributed by atoms with Gasteiger partial charge in [0.2, 0.25) is 0 Å². The Hall–Kier alpha value is -0.860. The molecule has 0 spiro atoms. The topological polar surface area (TPSA) is 54.4 Å². The largest absolute Gasteiger partial charge is 0.481 e. The van der Waals surface area contributed by atoms with Crippen LogP contribution in [0.3, 0.4) is 0 Å². The van der Waals surface area contributed by atoms with Crippen LogP contribution in [-0.4, -0.2) is 16.9 Å². The van der Waals surface area contributed by atoms with Gasteiger partial charge in [0.05, 0.1) is 5.92 Å². The lowest BCUT2D eigenvalue weighted by molar-refractivity contribution is -0.141. The summed E-state index contributed by atoms with van der Waals surface area (Å²) in [6, 6.07) is 0. The Bertz CT molecular complexity index is 162. The summed E-state index contributed by atoms with van der Waals surface area (Å²) in [5, 5.41) is 8.18. The van der Waals surface area contributed by atoms with Crippen LogP contribution in [0.2, 0.25) is 0 Å². The van der Waals surface area contributed by atoms with Crippen LogP contribution in [0, 0.1) is 11.8 Å². The second-order valence-corrected chi connectivity index (χ2v) is 3.41. The van der Waals surface area contributed by atoms with Gasteiger partial charge in [-0.15, -0.1) is 0 Å². The van der Waals surface area contributed by atoms with E-state index in [0.29, 0.717) is 0 Å². The van der Waals surface area contributed by atoms with Crippen LogP contribution in [0.5, 0.6) is 0 Å². The van der Waals surface area contributed by atoms with Crippen molar-refractivity contribution in [3.63, 3.8) is 0 Å². The molecule has 1 unspecified atom stereocenters. The molecule has 0 rings (SSSR count). The summed E-state index contributed by atoms with van der Waals surface area (Å²) in [7, 11) is 0. The summed E-state index contributed by atoms with van der Waals surface area (Å²) in [4.78, 5) is 20.1. The molecule has 0 saturated heterocycles. The van der Waals surface area contributed by atoms with Gasteiger partial charge < -0.3 is 5.11 Å². The molecule has 0 amide bonds. The van der Waals surface area contributed by atoms with E-state index in [1.807, 2.05) is 20.8 Å². The van der Waals surface area contributed by atoms with Crippen LogP contribution >= 0.6 is 0 Å². The number of hydrogen-bond donors (Lipinski definition) is 1. The molecule has 0 aliphatic heterocycles. The smallest absolute Gasteiger partial charge is 0.306 e. The number of rotatable bonds is 3. The van der Waals surface area contributed by atoms with E-state index in [-0.39, 0.29) is 17.6 Å². The summed E-state index contributed by atoms with van der Waals surface area (Å²) in [6.07, 6.45) is 0.718. The van der Waals surface area contributed by atoms with Crippen LogP contribution in [-0.2, 0) is 9.59 Å². The number of aliphatic carboxylic acids is 1. The molecule has 13 heavy (non-hydrogen) atoms. The molecule has 0 aromatic rings. The van der Waals surface area contributed by atoms with E-state index >= 15 is 0 Å². The third-order valence-electron chi connectivity index (χ3n) is 1.85. The lowest BCUT2D eigenvalue weighted by Gasteiger charge is -1.96. The van der Waals surface area contributed by atoms with Crippen LogP contribution in [0.1, 0.15) is 41.0 Å². The molecule has 0 radical (unpaired) electrons. The van der Waals surface area contributed by atoms with Gasteiger partial charge in [0.25, 0.3) is 0 Å². The van der Waals surface area contributed by atoms with E-state index in [2.05, 4.69) is 0 Å². The molecule has 0 saturated carbocycles. The van der Waals surface area contributed by atoms with Crippen molar-refractivity contribution in [1.82, 2.24) is 0 Å². The van der Waals surface area contributed by atoms with E-state index in [9.17, 15) is 9.59 Å². The first kappa shape index (κ1) is 14.7. The van der Waals surface area contributed by atoms with Crippen molar-refractivity contribution in [2.24, 2.45) is 11.8 Å². The molecule has 1 N–H and O–H groups in total. The molecule has 0 fully saturated rings. The Balaban J connectivity index is 0. The van der Waals surface area contributed by atoms with Crippen molar-refractivity contribution < 1.29 is 14.7 Å². The molecule has 3 heteroatoms. The zero-order chi connectivity index (χ0) is 11.0. The molecule has 0 aliphatic rings. The van der Waals surface area contributed by atoms with Crippen LogP contribution in [0.15, 0.2) is 0 Å². The Morgan fingerprint density at radius 2 is 1.54 bits per heavy atom. The summed E-state index contributed by atoms with van der Waals surface area (Å²) >= 11 is 0. The number of carboxylic acids is 1. The maximum atomic E-state index is 10.1. The summed E-state index contributed by atoms with van der Waals surface area (Å²) in [5.74, 6) is -0.414. The fraction of sp³-hybridized carbons (Fsp3) is 0.800. The number of carbonyl (C=O) groups is 2. The van der Waals surface area contributed by atoms with Gasteiger partial charge in [0.15, 0.2) is 0 Å². The first-order valence-corrected chi connectivity index (χ1v) is 4.56. The summed E-state index contributed by atoms with van der Waals surface area (Å²) < 4.78 is 0. The van der Waals surface area contributed by atoms with Crippen LogP contribution < -0.4 is 0 Å². The molecule has 0 aromatic carbocycles. The SMILES string of the molecule is CC(=O)C(C)C.CCC(C)C(=O)O. The van der Waals surface area contributed by atoms with Crippen molar-refractivity contribution in [3.05, 3.63) is 0 Å². The third kappa shape index (κ3) is 11.1. The second kappa shape index (κ2) is 7.77. The maximum Gasteiger partial charge on any atom is 0.306 e. The number of carboxylic acid groups (broad SMARTS) is 1. The quantitative estimate of drug-likeness (QED) is 0.739. The van der Waals surface area contributed by atoms with Crippen molar-refractivity contribution >= 4 is 11.8 Å². The van der Waals surface area contributed by atoms with E-state index in [4.69, 9.17) is 5.11 Å². The average Bonchev–Trinajstić information content (AvgIpc) is 2.03. The van der Waals surface area contributed by atoms with Crippen molar-refractivity contribution in [2.75, 3.05) is 0 Å². The second-order valence-electron chi connectivity index (χ2n) is 3.41. The van der Waals surface area contributed by atoms with E-state index in [1.165, 1.54) is 0 Å². The van der Waals surface area contributed by atoms with Gasteiger partial charge in [0.1, 0.15) is 5.78 Å². The monoisotopic (exact) mass is 188 g/mol. The summed E-state index contributed by atoms with van der Waals surface area (Å²) in [6.45, 7) is 8.94. The fourth-order valence-electron chi connectivity index (χ4n) is 0.175. The van der Waals surface area contributed by atoms with Gasteiger partial charge in [-0.2, -0.15) is 0 Å². The van der Waals surface area contributed by atoms with Crippen molar-refractivity contribution in [2.45, 2.75) is 41.0 Å². The maximum absolute atomic E-state index is 10.1. The predicted molar refractivity (Wildman–Crippen MR) is 52.6 cm³/mol. The highest BCUT2D eigenvalue weighted by atomic mass is 16.4. The zero-order valence-electron chi connectivity index (χ0n) is 9.13. The highest BCUT2D eigenvalue weighted by Gasteiger charge is 2.05. The Labute approximate surface area is 80.1 Å². The molecular formula is C10H20O3. The molecule has 0 bridgehead atoms. The highest BCUT2D eigenvalue weighted by molar-refractivity contribution is 5.77. The molecule has 1 atom stereocenters. The average molecular weight is 188 g/mol. The van der Waals surface area contributed by atoms with E-state index in [1.54, 1.807) is 13.8 Å². The van der Waals surface area contributed by atoms with Gasteiger partial charge in [-0.25, -0.2) is 0 Å². The standard InChI is InChI=1S/C5H10O2.C5H10O/c1-3-4(2)5(6)7;1-4(2)5(3)6/h4H,3H2,1-2H3,(H,6,7);4H,1-3H3. The predicted octanol–water partition coefficient (Wildman–Crippen LogP) is 2.35. The lowest BCUT2D eigenvalue weighted by Crippen LogP contribution is -2.06. The summed E-state index contributed by atoms with van der Waals surface area (Å²) in [5.41, 5.74) is 0. The van der Waals surface area contributed by atoms with Crippen LogP contribution in [0.4, 0.5) is 0 Å². The highest BCUT2D eigenvalue weighted by Crippen LogP contribution is 1.97. The van der Waals surface area contributed by atoms with Gasteiger partial charge in [-0.3, -0.25) is 9.59 Å². The lowest BCUT2D eigenvalue weighted by atomic mass is 10.1. The zero-order valence-corrected chi connectivity index (χ0v) is 9.13. The minimum absolute atomic E-state index is 0.181. The fourth-order valence-corrected chi connectivity index (χ4v) is 0.175. The number of Topliss-reactive ketones (excluding diaryl/α,β-unsaturated/α-hetero) is 1. The molecule has 0 heterocycles. The Kier molecular flexibility index (Phi) is 8.76. The third-order valence-corrected chi connectivity index (χ3v) is 1.85. The van der Waals surface area contributed by atoms with Gasteiger partial charge in [-0.05, 0) is 13.3 Å². The first-order valence-electron chi connectivity index (χ1n) is 4.56. The normalized spacial score (nSPS) is 11.5. The number of hydrogen-bond acceptors (Lipinski definition) is 2. The number of ketones is 1. The van der Waals surface area contributed by atoms with Gasteiger partial charge >= 0.3 is 5.97 Å². The Morgan fingerprint density at radius 1 is 1.23 bits per heavy atom. The van der Waals surface area contributed by atoms with E-state index < -0.39 is 5.97 Å². The number of carbonyl (C=O) groups excluding carboxylic acids is 1. The molecule has 3 nitrogen and oxygen atoms in total.